The third-order valence-electron chi connectivity index (χ3n) is 1.61. The van der Waals surface area contributed by atoms with E-state index in [1.807, 2.05) is 0 Å². The lowest BCUT2D eigenvalue weighted by molar-refractivity contribution is 0.0675. The van der Waals surface area contributed by atoms with Crippen molar-refractivity contribution in [3.8, 4) is 5.75 Å². The summed E-state index contributed by atoms with van der Waals surface area (Å²) < 4.78 is 18.6. The summed E-state index contributed by atoms with van der Waals surface area (Å²) >= 11 is 0. The van der Waals surface area contributed by atoms with Crippen LogP contribution >= 0.6 is 0 Å². The predicted octanol–water partition coefficient (Wildman–Crippen LogP) is 2.70. The van der Waals surface area contributed by atoms with Crippen molar-refractivity contribution in [2.45, 2.75) is 26.4 Å². The first-order valence-corrected chi connectivity index (χ1v) is 4.52. The highest BCUT2D eigenvalue weighted by Crippen LogP contribution is 2.25. The lowest BCUT2D eigenvalue weighted by Crippen LogP contribution is -2.24. The van der Waals surface area contributed by atoms with Gasteiger partial charge in [0.05, 0.1) is 0 Å². The Hall–Kier alpha value is -1.58. The van der Waals surface area contributed by atoms with Gasteiger partial charge in [-0.1, -0.05) is 6.07 Å². The van der Waals surface area contributed by atoms with Crippen LogP contribution < -0.4 is 4.74 Å². The van der Waals surface area contributed by atoms with Gasteiger partial charge in [0.1, 0.15) is 22.7 Å². The fraction of sp³-hybridized carbons (Fsp3) is 0.364. The molecule has 0 aliphatic heterocycles. The molecule has 4 heteroatoms. The van der Waals surface area contributed by atoms with Gasteiger partial charge in [0.25, 0.3) is 0 Å². The lowest BCUT2D eigenvalue weighted by Gasteiger charge is -2.22. The zero-order chi connectivity index (χ0) is 11.6. The Morgan fingerprint density at radius 3 is 2.47 bits per heavy atom. The van der Waals surface area contributed by atoms with Crippen LogP contribution in [0.3, 0.4) is 0 Å². The zero-order valence-corrected chi connectivity index (χ0v) is 8.87. The average Bonchev–Trinajstić information content (AvgIpc) is 1.99. The number of hydrogen-bond donors (Lipinski definition) is 1. The van der Waals surface area contributed by atoms with Gasteiger partial charge in [-0.25, -0.2) is 9.18 Å². The average molecular weight is 212 g/mol. The molecule has 0 saturated carbocycles. The number of aromatic carboxylic acids is 1. The van der Waals surface area contributed by atoms with Gasteiger partial charge in [-0.05, 0) is 32.9 Å². The van der Waals surface area contributed by atoms with Crippen LogP contribution in [0.2, 0.25) is 0 Å². The van der Waals surface area contributed by atoms with Gasteiger partial charge in [-0.2, -0.15) is 0 Å². The number of carboxylic acids is 1. The van der Waals surface area contributed by atoms with E-state index in [0.717, 1.165) is 6.07 Å². The molecule has 1 aromatic rings. The van der Waals surface area contributed by atoms with Gasteiger partial charge < -0.3 is 9.84 Å². The maximum absolute atomic E-state index is 13.2. The van der Waals surface area contributed by atoms with Crippen molar-refractivity contribution < 1.29 is 19.0 Å². The molecule has 0 aromatic heterocycles. The molecule has 0 heterocycles. The first-order chi connectivity index (χ1) is 6.81. The van der Waals surface area contributed by atoms with Crippen LogP contribution in [0, 0.1) is 5.82 Å². The van der Waals surface area contributed by atoms with Gasteiger partial charge in [0.2, 0.25) is 0 Å². The number of carbonyl (C=O) groups is 1. The Kier molecular flexibility index (Phi) is 2.98. The fourth-order valence-electron chi connectivity index (χ4n) is 1.13. The molecule has 0 radical (unpaired) electrons. The Balaban J connectivity index is 3.18. The Labute approximate surface area is 87.5 Å². The van der Waals surface area contributed by atoms with Gasteiger partial charge in [-0.3, -0.25) is 0 Å². The molecular weight excluding hydrogens is 199 g/mol. The van der Waals surface area contributed by atoms with Gasteiger partial charge in [0, 0.05) is 0 Å². The Morgan fingerprint density at radius 2 is 2.00 bits per heavy atom. The second-order valence-corrected chi connectivity index (χ2v) is 4.13. The van der Waals surface area contributed by atoms with Crippen molar-refractivity contribution in [1.29, 1.82) is 0 Å². The van der Waals surface area contributed by atoms with Gasteiger partial charge in [0.15, 0.2) is 0 Å². The number of carboxylic acid groups (broad SMARTS) is 1. The van der Waals surface area contributed by atoms with E-state index in [9.17, 15) is 9.18 Å². The molecule has 1 N–H and O–H groups in total. The Morgan fingerprint density at radius 1 is 1.40 bits per heavy atom. The van der Waals surface area contributed by atoms with Crippen LogP contribution in [0.5, 0.6) is 5.75 Å². The summed E-state index contributed by atoms with van der Waals surface area (Å²) in [6.07, 6.45) is 0. The molecule has 0 unspecified atom stereocenters. The molecule has 15 heavy (non-hydrogen) atoms. The van der Waals surface area contributed by atoms with Crippen molar-refractivity contribution in [2.75, 3.05) is 0 Å². The highest BCUT2D eigenvalue weighted by molar-refractivity contribution is 5.91. The molecular formula is C11H13FO3. The Bertz CT molecular complexity index is 380. The number of halogens is 1. The minimum Gasteiger partial charge on any atom is -0.487 e. The van der Waals surface area contributed by atoms with Crippen molar-refractivity contribution in [2.24, 2.45) is 0 Å². The summed E-state index contributed by atoms with van der Waals surface area (Å²) in [5.74, 6) is -2.06. The first kappa shape index (κ1) is 11.5. The standard InChI is InChI=1S/C11H13FO3/c1-11(2,3)15-8-6-4-5-7(12)9(8)10(13)14/h4-6H,1-3H3,(H,13,14). The third kappa shape index (κ3) is 2.94. The van der Waals surface area contributed by atoms with E-state index in [-0.39, 0.29) is 5.75 Å². The molecule has 0 saturated heterocycles. The second kappa shape index (κ2) is 3.88. The molecule has 1 rings (SSSR count). The summed E-state index contributed by atoms with van der Waals surface area (Å²) in [5.41, 5.74) is -0.981. The summed E-state index contributed by atoms with van der Waals surface area (Å²) in [7, 11) is 0. The smallest absolute Gasteiger partial charge is 0.342 e. The zero-order valence-electron chi connectivity index (χ0n) is 8.87. The van der Waals surface area contributed by atoms with E-state index in [1.165, 1.54) is 12.1 Å². The number of ether oxygens (including phenoxy) is 1. The maximum Gasteiger partial charge on any atom is 0.342 e. The van der Waals surface area contributed by atoms with Crippen LogP contribution in [0.1, 0.15) is 31.1 Å². The number of hydrogen-bond acceptors (Lipinski definition) is 2. The first-order valence-electron chi connectivity index (χ1n) is 4.52. The normalized spacial score (nSPS) is 11.2. The third-order valence-corrected chi connectivity index (χ3v) is 1.61. The fourth-order valence-corrected chi connectivity index (χ4v) is 1.13. The molecule has 0 amide bonds. The van der Waals surface area contributed by atoms with Crippen LogP contribution in [0.4, 0.5) is 4.39 Å². The molecule has 0 aliphatic rings. The highest BCUT2D eigenvalue weighted by Gasteiger charge is 2.21. The molecule has 0 spiro atoms. The van der Waals surface area contributed by atoms with E-state index in [2.05, 4.69) is 0 Å². The molecule has 1 aromatic carbocycles. The van der Waals surface area contributed by atoms with Crippen molar-refractivity contribution in [3.05, 3.63) is 29.6 Å². The molecule has 82 valence electrons. The van der Waals surface area contributed by atoms with E-state index in [1.54, 1.807) is 20.8 Å². The highest BCUT2D eigenvalue weighted by atomic mass is 19.1. The SMILES string of the molecule is CC(C)(C)Oc1cccc(F)c1C(=O)O. The largest absolute Gasteiger partial charge is 0.487 e. The van der Waals surface area contributed by atoms with E-state index in [0.29, 0.717) is 0 Å². The van der Waals surface area contributed by atoms with Crippen molar-refractivity contribution in [1.82, 2.24) is 0 Å². The van der Waals surface area contributed by atoms with Gasteiger partial charge in [-0.15, -0.1) is 0 Å². The van der Waals surface area contributed by atoms with E-state index >= 15 is 0 Å². The minimum absolute atomic E-state index is 0.0509. The second-order valence-electron chi connectivity index (χ2n) is 4.13. The molecule has 0 fully saturated rings. The minimum atomic E-state index is -1.33. The van der Waals surface area contributed by atoms with Crippen LogP contribution in [-0.2, 0) is 0 Å². The number of benzene rings is 1. The molecule has 0 atom stereocenters. The van der Waals surface area contributed by atoms with E-state index in [4.69, 9.17) is 9.84 Å². The molecule has 0 bridgehead atoms. The summed E-state index contributed by atoms with van der Waals surface area (Å²) in [4.78, 5) is 10.8. The monoisotopic (exact) mass is 212 g/mol. The molecule has 0 aliphatic carbocycles. The summed E-state index contributed by atoms with van der Waals surface area (Å²) in [6.45, 7) is 5.30. The summed E-state index contributed by atoms with van der Waals surface area (Å²) in [5, 5.41) is 8.82. The molecule has 3 nitrogen and oxygen atoms in total. The van der Waals surface area contributed by atoms with Crippen molar-refractivity contribution >= 4 is 5.97 Å². The van der Waals surface area contributed by atoms with Crippen LogP contribution in [0.15, 0.2) is 18.2 Å². The van der Waals surface area contributed by atoms with Crippen LogP contribution in [0.25, 0.3) is 0 Å². The van der Waals surface area contributed by atoms with Crippen LogP contribution in [-0.4, -0.2) is 16.7 Å². The van der Waals surface area contributed by atoms with Gasteiger partial charge >= 0.3 is 5.97 Å². The van der Waals surface area contributed by atoms with Crippen molar-refractivity contribution in [3.63, 3.8) is 0 Å². The number of rotatable bonds is 2. The van der Waals surface area contributed by atoms with E-state index < -0.39 is 23.0 Å². The quantitative estimate of drug-likeness (QED) is 0.819. The summed E-state index contributed by atoms with van der Waals surface area (Å²) in [6, 6.07) is 3.96. The maximum atomic E-state index is 13.2. The lowest BCUT2D eigenvalue weighted by atomic mass is 10.1. The predicted molar refractivity (Wildman–Crippen MR) is 53.7 cm³/mol. The topological polar surface area (TPSA) is 46.5 Å².